The van der Waals surface area contributed by atoms with Gasteiger partial charge in [0, 0.05) is 31.8 Å². The molecule has 0 amide bonds. The van der Waals surface area contributed by atoms with E-state index in [-0.39, 0.29) is 0 Å². The first-order chi connectivity index (χ1) is 16.6. The first-order valence-corrected chi connectivity index (χ1v) is 12.5. The lowest BCUT2D eigenvalue weighted by Gasteiger charge is -2.43. The molecule has 0 aromatic carbocycles. The number of aryl methyl sites for hydroxylation is 1. The van der Waals surface area contributed by atoms with E-state index in [0.29, 0.717) is 6.54 Å². The summed E-state index contributed by atoms with van der Waals surface area (Å²) >= 11 is 0. The van der Waals surface area contributed by atoms with E-state index in [9.17, 15) is 20.4 Å². The number of hydrogen-bond donors (Lipinski definition) is 4. The molecular weight excluding hydrogens is 436 g/mol. The molecule has 0 saturated carbocycles. The Balaban J connectivity index is 1.48. The van der Waals surface area contributed by atoms with Crippen LogP contribution in [0.25, 0.3) is 0 Å². The Morgan fingerprint density at radius 1 is 0.941 bits per heavy atom. The highest BCUT2D eigenvalue weighted by Gasteiger charge is 2.45. The number of rotatable bonds is 15. The van der Waals surface area contributed by atoms with Gasteiger partial charge in [0.15, 0.2) is 6.23 Å². The van der Waals surface area contributed by atoms with Gasteiger partial charge in [-0.1, -0.05) is 31.7 Å². The average molecular weight is 479 g/mol. The third kappa shape index (κ3) is 9.96. The van der Waals surface area contributed by atoms with E-state index in [2.05, 4.69) is 22.9 Å². The molecule has 0 radical (unpaired) electrons. The number of aromatic nitrogens is 1. The molecule has 1 aromatic rings. The van der Waals surface area contributed by atoms with E-state index in [0.717, 1.165) is 70.6 Å². The van der Waals surface area contributed by atoms with Gasteiger partial charge in [0.2, 0.25) is 0 Å². The molecule has 0 spiro atoms. The van der Waals surface area contributed by atoms with Crippen molar-refractivity contribution in [3.8, 4) is 11.8 Å². The fourth-order valence-electron chi connectivity index (χ4n) is 4.10. The quantitative estimate of drug-likeness (QED) is 0.172. The number of hydrogen-bond acceptors (Lipinski definition) is 8. The smallest absolute Gasteiger partial charge is 0.162 e. The van der Waals surface area contributed by atoms with Gasteiger partial charge in [-0.25, -0.2) is 0 Å². The van der Waals surface area contributed by atoms with E-state index in [1.54, 1.807) is 6.20 Å². The molecule has 1 aliphatic heterocycles. The minimum absolute atomic E-state index is 0.449. The van der Waals surface area contributed by atoms with Crippen LogP contribution in [0.4, 0.5) is 0 Å². The van der Waals surface area contributed by atoms with Gasteiger partial charge in [-0.15, -0.1) is 11.8 Å². The average Bonchev–Trinajstić information content (AvgIpc) is 2.86. The minimum Gasteiger partial charge on any atom is -0.394 e. The van der Waals surface area contributed by atoms with Gasteiger partial charge in [0.1, 0.15) is 24.4 Å². The van der Waals surface area contributed by atoms with Crippen molar-refractivity contribution in [3.05, 3.63) is 30.1 Å². The van der Waals surface area contributed by atoms with Crippen LogP contribution in [0.2, 0.25) is 0 Å². The highest BCUT2D eigenvalue weighted by atomic mass is 16.7. The largest absolute Gasteiger partial charge is 0.394 e. The fourth-order valence-corrected chi connectivity index (χ4v) is 4.10. The summed E-state index contributed by atoms with van der Waals surface area (Å²) in [4.78, 5) is 9.46. The molecular formula is C26H42N2O6. The van der Waals surface area contributed by atoms with Crippen LogP contribution in [-0.4, -0.2) is 81.4 Å². The summed E-state index contributed by atoms with van der Waals surface area (Å²) in [6.45, 7) is 0.0704. The monoisotopic (exact) mass is 478 g/mol. The zero-order valence-corrected chi connectivity index (χ0v) is 20.4. The van der Waals surface area contributed by atoms with Crippen LogP contribution in [0.3, 0.4) is 0 Å². The fraction of sp³-hybridized carbons (Fsp3) is 0.731. The van der Waals surface area contributed by atoms with Crippen LogP contribution in [0.15, 0.2) is 24.5 Å². The van der Waals surface area contributed by atoms with Crippen molar-refractivity contribution in [3.63, 3.8) is 0 Å². The van der Waals surface area contributed by atoms with Crippen LogP contribution in [0, 0.1) is 11.8 Å². The molecule has 4 N–H and O–H groups in total. The van der Waals surface area contributed by atoms with Gasteiger partial charge < -0.3 is 25.2 Å². The van der Waals surface area contributed by atoms with Gasteiger partial charge in [0.05, 0.1) is 13.7 Å². The first-order valence-electron chi connectivity index (χ1n) is 12.5. The van der Waals surface area contributed by atoms with E-state index >= 15 is 0 Å². The molecule has 0 bridgehead atoms. The molecule has 2 unspecified atom stereocenters. The highest BCUT2D eigenvalue weighted by molar-refractivity contribution is 5.08. The van der Waals surface area contributed by atoms with Gasteiger partial charge >= 0.3 is 0 Å². The van der Waals surface area contributed by atoms with E-state index in [1.807, 2.05) is 12.3 Å². The lowest BCUT2D eigenvalue weighted by atomic mass is 9.98. The maximum absolute atomic E-state index is 10.2. The Morgan fingerprint density at radius 3 is 2.26 bits per heavy atom. The van der Waals surface area contributed by atoms with Crippen LogP contribution in [-0.2, 0) is 16.0 Å². The lowest BCUT2D eigenvalue weighted by molar-refractivity contribution is -0.328. The van der Waals surface area contributed by atoms with E-state index < -0.39 is 37.3 Å². The minimum atomic E-state index is -1.40. The first kappa shape index (κ1) is 28.7. The number of unbranched alkanes of at least 4 members (excludes halogenated alkanes) is 8. The summed E-state index contributed by atoms with van der Waals surface area (Å²) in [6, 6.07) is 4.10. The predicted octanol–water partition coefficient (Wildman–Crippen LogP) is 2.19. The second kappa shape index (κ2) is 17.0. The summed E-state index contributed by atoms with van der Waals surface area (Å²) in [5.41, 5.74) is 1.29. The lowest BCUT2D eigenvalue weighted by Crippen LogP contribution is -2.63. The Kier molecular flexibility index (Phi) is 14.3. The van der Waals surface area contributed by atoms with Gasteiger partial charge in [-0.2, -0.15) is 5.06 Å². The second-order valence-electron chi connectivity index (χ2n) is 8.84. The summed E-state index contributed by atoms with van der Waals surface area (Å²) in [6.07, 6.45) is 9.45. The molecule has 2 heterocycles. The van der Waals surface area contributed by atoms with Crippen molar-refractivity contribution in [1.82, 2.24) is 10.0 Å². The molecule has 8 heteroatoms. The van der Waals surface area contributed by atoms with Crippen molar-refractivity contribution < 1.29 is 30.0 Å². The zero-order chi connectivity index (χ0) is 24.6. The SMILES string of the molecule is CON(CCCCCCCCC#CCCCCc1cccnc1)[C@@H]1OC(CO)[C@@H](O)[C@H](O)C1O. The van der Waals surface area contributed by atoms with Crippen LogP contribution in [0.1, 0.15) is 69.8 Å². The molecule has 34 heavy (non-hydrogen) atoms. The van der Waals surface area contributed by atoms with Crippen LogP contribution < -0.4 is 0 Å². The van der Waals surface area contributed by atoms with Crippen molar-refractivity contribution >= 4 is 0 Å². The molecule has 2 rings (SSSR count). The number of aliphatic hydroxyl groups excluding tert-OH is 4. The van der Waals surface area contributed by atoms with Crippen molar-refractivity contribution in [2.75, 3.05) is 20.3 Å². The topological polar surface area (TPSA) is 116 Å². The van der Waals surface area contributed by atoms with Gasteiger partial charge in [0.25, 0.3) is 0 Å². The number of pyridine rings is 1. The molecule has 1 saturated heterocycles. The summed E-state index contributed by atoms with van der Waals surface area (Å²) in [7, 11) is 1.48. The molecule has 1 aromatic heterocycles. The standard InChI is InChI=1S/C26H42N2O6/c1-33-28(26-25(32)24(31)23(30)22(20-29)34-26)18-13-11-9-7-5-3-2-4-6-8-10-12-15-21-16-14-17-27-19-21/h14,16-17,19,22-26,29-32H,2-3,5,7-13,15,18,20H2,1H3/t22?,23-,24+,25?,26-/m1/s1. The zero-order valence-electron chi connectivity index (χ0n) is 20.4. The van der Waals surface area contributed by atoms with Gasteiger partial charge in [-0.05, 0) is 43.7 Å². The number of aliphatic hydroxyl groups is 4. The maximum atomic E-state index is 10.2. The van der Waals surface area contributed by atoms with Crippen molar-refractivity contribution in [2.45, 2.75) is 101 Å². The Morgan fingerprint density at radius 2 is 1.62 bits per heavy atom. The van der Waals surface area contributed by atoms with E-state index in [4.69, 9.17) is 9.57 Å². The van der Waals surface area contributed by atoms with Gasteiger partial charge in [-0.3, -0.25) is 9.82 Å². The highest BCUT2D eigenvalue weighted by Crippen LogP contribution is 2.24. The van der Waals surface area contributed by atoms with E-state index in [1.165, 1.54) is 17.7 Å². The third-order valence-corrected chi connectivity index (χ3v) is 6.18. The summed E-state index contributed by atoms with van der Waals surface area (Å²) in [5, 5.41) is 40.9. The third-order valence-electron chi connectivity index (χ3n) is 6.18. The molecule has 192 valence electrons. The molecule has 5 atom stereocenters. The van der Waals surface area contributed by atoms with Crippen LogP contribution in [0.5, 0.6) is 0 Å². The number of hydroxylamine groups is 2. The predicted molar refractivity (Wildman–Crippen MR) is 129 cm³/mol. The number of ether oxygens (including phenoxy) is 1. The molecule has 1 fully saturated rings. The normalized spacial score (nSPS) is 24.7. The van der Waals surface area contributed by atoms with Crippen molar-refractivity contribution in [1.29, 1.82) is 0 Å². The maximum Gasteiger partial charge on any atom is 0.162 e. The van der Waals surface area contributed by atoms with Crippen LogP contribution >= 0.6 is 0 Å². The molecule has 1 aliphatic rings. The Bertz CT molecular complexity index is 708. The molecule has 0 aliphatic carbocycles. The Hall–Kier alpha value is -1.57. The molecule has 8 nitrogen and oxygen atoms in total. The summed E-state index contributed by atoms with van der Waals surface area (Å²) in [5.74, 6) is 6.57. The Labute approximate surface area is 203 Å². The number of nitrogens with zero attached hydrogens (tertiary/aromatic N) is 2. The summed E-state index contributed by atoms with van der Waals surface area (Å²) < 4.78 is 5.54. The van der Waals surface area contributed by atoms with Crippen molar-refractivity contribution in [2.24, 2.45) is 0 Å². The second-order valence-corrected chi connectivity index (χ2v) is 8.84.